The van der Waals surface area contributed by atoms with Crippen molar-refractivity contribution in [1.82, 2.24) is 9.88 Å². The molecule has 1 saturated heterocycles. The predicted molar refractivity (Wildman–Crippen MR) is 79.3 cm³/mol. The summed E-state index contributed by atoms with van der Waals surface area (Å²) in [6.07, 6.45) is 5.83. The van der Waals surface area contributed by atoms with Crippen LogP contribution in [-0.2, 0) is 11.3 Å². The molecular weight excluding hydrogens is 258 g/mol. The zero-order chi connectivity index (χ0) is 13.7. The number of carbonyl (C=O) groups excluding carboxylic acids is 1. The monoisotopic (exact) mass is 281 g/mol. The van der Waals surface area contributed by atoms with E-state index in [-0.39, 0.29) is 0 Å². The molecule has 2 rings (SSSR count). The molecule has 1 N–H and O–H groups in total. The van der Waals surface area contributed by atoms with Crippen molar-refractivity contribution in [2.24, 2.45) is 5.92 Å². The van der Waals surface area contributed by atoms with Crippen molar-refractivity contribution in [3.8, 4) is 0 Å². The average Bonchev–Trinajstić information content (AvgIpc) is 2.79. The highest BCUT2D eigenvalue weighted by Gasteiger charge is 2.20. The van der Waals surface area contributed by atoms with Gasteiger partial charge in [0, 0.05) is 30.6 Å². The van der Waals surface area contributed by atoms with E-state index in [0.717, 1.165) is 44.0 Å². The maximum absolute atomic E-state index is 12.0. The number of carbonyl (C=O) groups is 1. The van der Waals surface area contributed by atoms with Gasteiger partial charge in [-0.05, 0) is 25.2 Å². The number of thiazole rings is 1. The lowest BCUT2D eigenvalue weighted by molar-refractivity contribution is -0.131. The topological polar surface area (TPSA) is 45.2 Å². The van der Waals surface area contributed by atoms with E-state index < -0.39 is 0 Å². The summed E-state index contributed by atoms with van der Waals surface area (Å²) in [4.78, 5) is 19.5. The second-order valence-corrected chi connectivity index (χ2v) is 6.42. The van der Waals surface area contributed by atoms with Crippen LogP contribution in [0, 0.1) is 5.92 Å². The summed E-state index contributed by atoms with van der Waals surface area (Å²) in [5, 5.41) is 4.25. The van der Waals surface area contributed by atoms with Gasteiger partial charge in [-0.15, -0.1) is 11.3 Å². The highest BCUT2D eigenvalue weighted by molar-refractivity contribution is 7.15. The van der Waals surface area contributed by atoms with Crippen LogP contribution in [0.15, 0.2) is 6.20 Å². The van der Waals surface area contributed by atoms with Gasteiger partial charge in [0.1, 0.15) is 0 Å². The molecule has 2 heterocycles. The maximum atomic E-state index is 12.0. The number of aromatic nitrogens is 1. The van der Waals surface area contributed by atoms with E-state index in [4.69, 9.17) is 0 Å². The lowest BCUT2D eigenvalue weighted by Crippen LogP contribution is -2.29. The SMILES string of the molecule is CCCNc1ncc(CN2CCC(C)CCC2=O)s1. The fraction of sp³-hybridized carbons (Fsp3) is 0.714. The van der Waals surface area contributed by atoms with E-state index in [1.165, 1.54) is 4.88 Å². The molecule has 0 bridgehead atoms. The van der Waals surface area contributed by atoms with E-state index in [2.05, 4.69) is 24.1 Å². The standard InChI is InChI=1S/C14H23N3OS/c1-3-7-15-14-16-9-12(19-14)10-17-8-6-11(2)4-5-13(17)18/h9,11H,3-8,10H2,1-2H3,(H,15,16). The van der Waals surface area contributed by atoms with Crippen LogP contribution in [0.2, 0.25) is 0 Å². The van der Waals surface area contributed by atoms with Gasteiger partial charge in [-0.1, -0.05) is 13.8 Å². The van der Waals surface area contributed by atoms with E-state index in [9.17, 15) is 4.79 Å². The van der Waals surface area contributed by atoms with Crippen LogP contribution < -0.4 is 5.32 Å². The lowest BCUT2D eigenvalue weighted by Gasteiger charge is -2.19. The van der Waals surface area contributed by atoms with Crippen molar-refractivity contribution in [2.45, 2.75) is 46.1 Å². The van der Waals surface area contributed by atoms with Crippen LogP contribution in [0.1, 0.15) is 44.4 Å². The Labute approximate surface area is 119 Å². The number of likely N-dealkylation sites (tertiary alicyclic amines) is 1. The molecule has 1 atom stereocenters. The van der Waals surface area contributed by atoms with Crippen LogP contribution in [0.5, 0.6) is 0 Å². The van der Waals surface area contributed by atoms with E-state index in [1.807, 2.05) is 11.1 Å². The first-order valence-corrected chi connectivity index (χ1v) is 7.97. The van der Waals surface area contributed by atoms with Crippen LogP contribution in [0.3, 0.4) is 0 Å². The van der Waals surface area contributed by atoms with Crippen LogP contribution in [0.25, 0.3) is 0 Å². The van der Waals surface area contributed by atoms with Crippen molar-refractivity contribution < 1.29 is 4.79 Å². The van der Waals surface area contributed by atoms with E-state index in [1.54, 1.807) is 11.3 Å². The average molecular weight is 281 g/mol. The molecule has 1 amide bonds. The molecule has 0 saturated carbocycles. The summed E-state index contributed by atoms with van der Waals surface area (Å²) >= 11 is 1.66. The van der Waals surface area contributed by atoms with Crippen molar-refractivity contribution >= 4 is 22.4 Å². The molecule has 19 heavy (non-hydrogen) atoms. The Morgan fingerprint density at radius 2 is 2.37 bits per heavy atom. The Morgan fingerprint density at radius 3 is 3.16 bits per heavy atom. The molecule has 1 aliphatic rings. The second-order valence-electron chi connectivity index (χ2n) is 5.31. The Bertz CT molecular complexity index is 419. The maximum Gasteiger partial charge on any atom is 0.222 e. The largest absolute Gasteiger partial charge is 0.362 e. The summed E-state index contributed by atoms with van der Waals surface area (Å²) in [6, 6.07) is 0. The van der Waals surface area contributed by atoms with Gasteiger partial charge in [-0.25, -0.2) is 4.98 Å². The molecule has 0 aliphatic carbocycles. The Balaban J connectivity index is 1.92. The van der Waals surface area contributed by atoms with Crippen molar-refractivity contribution in [3.05, 3.63) is 11.1 Å². The zero-order valence-electron chi connectivity index (χ0n) is 11.8. The third-order valence-corrected chi connectivity index (χ3v) is 4.46. The number of hydrogen-bond acceptors (Lipinski definition) is 4. The van der Waals surface area contributed by atoms with Gasteiger partial charge in [-0.2, -0.15) is 0 Å². The van der Waals surface area contributed by atoms with Gasteiger partial charge < -0.3 is 10.2 Å². The van der Waals surface area contributed by atoms with Gasteiger partial charge in [0.15, 0.2) is 5.13 Å². The minimum absolute atomic E-state index is 0.292. The van der Waals surface area contributed by atoms with Gasteiger partial charge in [0.05, 0.1) is 6.54 Å². The number of anilines is 1. The van der Waals surface area contributed by atoms with Crippen LogP contribution in [0.4, 0.5) is 5.13 Å². The Morgan fingerprint density at radius 1 is 1.53 bits per heavy atom. The first-order chi connectivity index (χ1) is 9.19. The number of rotatable bonds is 5. The van der Waals surface area contributed by atoms with Crippen molar-refractivity contribution in [1.29, 1.82) is 0 Å². The van der Waals surface area contributed by atoms with Crippen LogP contribution in [-0.4, -0.2) is 28.9 Å². The predicted octanol–water partition coefficient (Wildman–Crippen LogP) is 3.11. The van der Waals surface area contributed by atoms with Crippen LogP contribution >= 0.6 is 11.3 Å². The molecule has 1 aliphatic heterocycles. The highest BCUT2D eigenvalue weighted by atomic mass is 32.1. The number of hydrogen-bond donors (Lipinski definition) is 1. The third-order valence-electron chi connectivity index (χ3n) is 3.52. The number of nitrogens with zero attached hydrogens (tertiary/aromatic N) is 2. The Kier molecular flexibility index (Phi) is 5.19. The fourth-order valence-electron chi connectivity index (χ4n) is 2.22. The quantitative estimate of drug-likeness (QED) is 0.902. The number of nitrogens with one attached hydrogen (secondary N) is 1. The normalized spacial score (nSPS) is 20.4. The molecule has 1 fully saturated rings. The van der Waals surface area contributed by atoms with Gasteiger partial charge in [-0.3, -0.25) is 4.79 Å². The zero-order valence-corrected chi connectivity index (χ0v) is 12.6. The molecule has 1 unspecified atom stereocenters. The number of amides is 1. The first kappa shape index (κ1) is 14.3. The minimum atomic E-state index is 0.292. The van der Waals surface area contributed by atoms with Gasteiger partial charge in [0.25, 0.3) is 0 Å². The summed E-state index contributed by atoms with van der Waals surface area (Å²) in [7, 11) is 0. The van der Waals surface area contributed by atoms with E-state index >= 15 is 0 Å². The first-order valence-electron chi connectivity index (χ1n) is 7.15. The van der Waals surface area contributed by atoms with Gasteiger partial charge >= 0.3 is 0 Å². The summed E-state index contributed by atoms with van der Waals surface area (Å²) in [5.41, 5.74) is 0. The molecule has 5 heteroatoms. The molecule has 0 aromatic carbocycles. The molecule has 0 radical (unpaired) electrons. The van der Waals surface area contributed by atoms with Gasteiger partial charge in [0.2, 0.25) is 5.91 Å². The smallest absolute Gasteiger partial charge is 0.222 e. The summed E-state index contributed by atoms with van der Waals surface area (Å²) < 4.78 is 0. The highest BCUT2D eigenvalue weighted by Crippen LogP contribution is 2.23. The van der Waals surface area contributed by atoms with E-state index in [0.29, 0.717) is 18.2 Å². The minimum Gasteiger partial charge on any atom is -0.362 e. The lowest BCUT2D eigenvalue weighted by atomic mass is 10.0. The molecule has 4 nitrogen and oxygen atoms in total. The third kappa shape index (κ3) is 4.20. The van der Waals surface area contributed by atoms with Crippen molar-refractivity contribution in [2.75, 3.05) is 18.4 Å². The second kappa shape index (κ2) is 6.89. The Hall–Kier alpha value is -1.10. The molecule has 0 spiro atoms. The fourth-order valence-corrected chi connectivity index (χ4v) is 3.08. The van der Waals surface area contributed by atoms with Crippen molar-refractivity contribution in [3.63, 3.8) is 0 Å². The summed E-state index contributed by atoms with van der Waals surface area (Å²) in [5.74, 6) is 0.956. The molecular formula is C14H23N3OS. The summed E-state index contributed by atoms with van der Waals surface area (Å²) in [6.45, 7) is 6.93. The molecule has 1 aromatic rings. The molecule has 106 valence electrons. The molecule has 1 aromatic heterocycles.